The van der Waals surface area contributed by atoms with Crippen LogP contribution in [0, 0.1) is 12.7 Å². The number of hydrogen-bond acceptors (Lipinski definition) is 3. The molecule has 0 saturated carbocycles. The Morgan fingerprint density at radius 2 is 2.00 bits per heavy atom. The molecule has 1 heterocycles. The standard InChI is InChI=1S/C21H24FNO3/c1-14-6-5-7-15(12-14)20(16-9-10-19(26-2)17(22)13-16)23-11-4-3-8-18(23)21(24)25/h5-7,9-10,12-13,18,20H,3-4,8,11H2,1-2H3,(H,24,25). The van der Waals surface area contributed by atoms with E-state index in [1.165, 1.54) is 13.2 Å². The van der Waals surface area contributed by atoms with Crippen LogP contribution in [0.2, 0.25) is 0 Å². The van der Waals surface area contributed by atoms with Gasteiger partial charge in [-0.1, -0.05) is 42.3 Å². The first-order valence-electron chi connectivity index (χ1n) is 8.90. The molecule has 0 radical (unpaired) electrons. The highest BCUT2D eigenvalue weighted by Crippen LogP contribution is 2.36. The number of likely N-dealkylation sites (tertiary alicyclic amines) is 1. The maximum absolute atomic E-state index is 14.4. The maximum Gasteiger partial charge on any atom is 0.320 e. The number of benzene rings is 2. The minimum atomic E-state index is -0.823. The number of methoxy groups -OCH3 is 1. The molecule has 2 aromatic rings. The molecule has 0 spiro atoms. The summed E-state index contributed by atoms with van der Waals surface area (Å²) < 4.78 is 19.4. The topological polar surface area (TPSA) is 49.8 Å². The van der Waals surface area contributed by atoms with Gasteiger partial charge in [-0.2, -0.15) is 0 Å². The summed E-state index contributed by atoms with van der Waals surface area (Å²) >= 11 is 0. The summed E-state index contributed by atoms with van der Waals surface area (Å²) in [5, 5.41) is 9.71. The van der Waals surface area contributed by atoms with E-state index in [4.69, 9.17) is 4.74 Å². The molecule has 2 atom stereocenters. The molecule has 4 nitrogen and oxygen atoms in total. The van der Waals surface area contributed by atoms with Gasteiger partial charge in [-0.15, -0.1) is 0 Å². The van der Waals surface area contributed by atoms with Crippen molar-refractivity contribution >= 4 is 5.97 Å². The van der Waals surface area contributed by atoms with Crippen LogP contribution in [0.25, 0.3) is 0 Å². The number of hydrogen-bond donors (Lipinski definition) is 1. The number of aryl methyl sites for hydroxylation is 1. The van der Waals surface area contributed by atoms with Crippen molar-refractivity contribution in [3.8, 4) is 5.75 Å². The number of nitrogens with zero attached hydrogens (tertiary/aromatic N) is 1. The summed E-state index contributed by atoms with van der Waals surface area (Å²) in [7, 11) is 1.43. The lowest BCUT2D eigenvalue weighted by Crippen LogP contribution is -2.46. The van der Waals surface area contributed by atoms with E-state index >= 15 is 0 Å². The summed E-state index contributed by atoms with van der Waals surface area (Å²) in [5.41, 5.74) is 2.80. The van der Waals surface area contributed by atoms with Gasteiger partial charge in [0, 0.05) is 0 Å². The molecule has 138 valence electrons. The highest BCUT2D eigenvalue weighted by atomic mass is 19.1. The molecule has 0 bridgehead atoms. The van der Waals surface area contributed by atoms with E-state index in [2.05, 4.69) is 0 Å². The molecule has 0 aromatic heterocycles. The SMILES string of the molecule is COc1ccc(C(c2cccc(C)c2)N2CCCCC2C(=O)O)cc1F. The van der Waals surface area contributed by atoms with E-state index in [-0.39, 0.29) is 11.8 Å². The second-order valence-corrected chi connectivity index (χ2v) is 6.80. The third-order valence-corrected chi connectivity index (χ3v) is 5.01. The van der Waals surface area contributed by atoms with Crippen LogP contribution in [0.3, 0.4) is 0 Å². The Kier molecular flexibility index (Phi) is 5.57. The summed E-state index contributed by atoms with van der Waals surface area (Å²) in [6, 6.07) is 12.0. The summed E-state index contributed by atoms with van der Waals surface area (Å²) in [6.45, 7) is 2.67. The highest BCUT2D eigenvalue weighted by Gasteiger charge is 2.35. The Morgan fingerprint density at radius 3 is 2.65 bits per heavy atom. The minimum Gasteiger partial charge on any atom is -0.494 e. The van der Waals surface area contributed by atoms with Crippen molar-refractivity contribution < 1.29 is 19.0 Å². The van der Waals surface area contributed by atoms with Gasteiger partial charge in [-0.3, -0.25) is 9.69 Å². The van der Waals surface area contributed by atoms with E-state index in [0.717, 1.165) is 29.5 Å². The quantitative estimate of drug-likeness (QED) is 0.872. The first-order chi connectivity index (χ1) is 12.5. The third-order valence-electron chi connectivity index (χ3n) is 5.01. The second-order valence-electron chi connectivity index (χ2n) is 6.80. The number of carboxylic acid groups (broad SMARTS) is 1. The molecule has 2 aromatic carbocycles. The average molecular weight is 357 g/mol. The predicted octanol–water partition coefficient (Wildman–Crippen LogP) is 4.17. The van der Waals surface area contributed by atoms with Crippen molar-refractivity contribution in [2.24, 2.45) is 0 Å². The van der Waals surface area contributed by atoms with Gasteiger partial charge in [0.15, 0.2) is 11.6 Å². The molecule has 26 heavy (non-hydrogen) atoms. The predicted molar refractivity (Wildman–Crippen MR) is 98.0 cm³/mol. The monoisotopic (exact) mass is 357 g/mol. The minimum absolute atomic E-state index is 0.185. The average Bonchev–Trinajstić information content (AvgIpc) is 2.62. The smallest absolute Gasteiger partial charge is 0.320 e. The third kappa shape index (κ3) is 3.73. The lowest BCUT2D eigenvalue weighted by molar-refractivity contribution is -0.145. The number of piperidine rings is 1. The molecule has 1 aliphatic rings. The molecule has 3 rings (SSSR count). The van der Waals surface area contributed by atoms with E-state index in [0.29, 0.717) is 13.0 Å². The Morgan fingerprint density at radius 1 is 1.23 bits per heavy atom. The van der Waals surface area contributed by atoms with Crippen LogP contribution in [0.5, 0.6) is 5.75 Å². The van der Waals surface area contributed by atoms with Crippen LogP contribution in [0.4, 0.5) is 4.39 Å². The van der Waals surface area contributed by atoms with Gasteiger partial charge in [0.05, 0.1) is 13.2 Å². The molecular formula is C21H24FNO3. The van der Waals surface area contributed by atoms with Gasteiger partial charge in [-0.05, 0) is 49.6 Å². The van der Waals surface area contributed by atoms with Crippen molar-refractivity contribution in [3.05, 3.63) is 65.0 Å². The van der Waals surface area contributed by atoms with E-state index < -0.39 is 17.8 Å². The van der Waals surface area contributed by atoms with Gasteiger partial charge in [-0.25, -0.2) is 4.39 Å². The zero-order chi connectivity index (χ0) is 18.7. The normalized spacial score (nSPS) is 19.1. The zero-order valence-electron chi connectivity index (χ0n) is 15.1. The first-order valence-corrected chi connectivity index (χ1v) is 8.90. The zero-order valence-corrected chi connectivity index (χ0v) is 15.1. The Labute approximate surface area is 153 Å². The number of carboxylic acids is 1. The van der Waals surface area contributed by atoms with Crippen molar-refractivity contribution in [1.29, 1.82) is 0 Å². The van der Waals surface area contributed by atoms with Crippen molar-refractivity contribution in [2.75, 3.05) is 13.7 Å². The number of aliphatic carboxylic acids is 1. The molecule has 0 aliphatic carbocycles. The number of carbonyl (C=O) groups is 1. The molecule has 1 N–H and O–H groups in total. The summed E-state index contributed by atoms with van der Waals surface area (Å²) in [5.74, 6) is -1.08. The summed E-state index contributed by atoms with van der Waals surface area (Å²) in [4.78, 5) is 13.8. The van der Waals surface area contributed by atoms with Crippen molar-refractivity contribution in [2.45, 2.75) is 38.3 Å². The van der Waals surface area contributed by atoms with E-state index in [9.17, 15) is 14.3 Å². The van der Waals surface area contributed by atoms with Gasteiger partial charge >= 0.3 is 5.97 Å². The fraction of sp³-hybridized carbons (Fsp3) is 0.381. The fourth-order valence-electron chi connectivity index (χ4n) is 3.80. The molecule has 5 heteroatoms. The second kappa shape index (κ2) is 7.87. The number of rotatable bonds is 5. The van der Waals surface area contributed by atoms with Gasteiger partial charge < -0.3 is 9.84 Å². The largest absolute Gasteiger partial charge is 0.494 e. The number of ether oxygens (including phenoxy) is 1. The van der Waals surface area contributed by atoms with Crippen LogP contribution in [0.1, 0.15) is 42.0 Å². The number of halogens is 1. The fourth-order valence-corrected chi connectivity index (χ4v) is 3.80. The molecule has 2 unspecified atom stereocenters. The van der Waals surface area contributed by atoms with E-state index in [1.807, 2.05) is 42.2 Å². The first kappa shape index (κ1) is 18.4. The maximum atomic E-state index is 14.4. The highest BCUT2D eigenvalue weighted by molar-refractivity contribution is 5.73. The molecular weight excluding hydrogens is 333 g/mol. The van der Waals surface area contributed by atoms with Crippen LogP contribution in [0.15, 0.2) is 42.5 Å². The Balaban J connectivity index is 2.10. The van der Waals surface area contributed by atoms with Crippen LogP contribution >= 0.6 is 0 Å². The van der Waals surface area contributed by atoms with Gasteiger partial charge in [0.2, 0.25) is 0 Å². The molecule has 1 saturated heterocycles. The molecule has 1 fully saturated rings. The van der Waals surface area contributed by atoms with Crippen LogP contribution in [-0.4, -0.2) is 35.7 Å². The van der Waals surface area contributed by atoms with E-state index in [1.54, 1.807) is 6.07 Å². The van der Waals surface area contributed by atoms with Gasteiger partial charge in [0.1, 0.15) is 6.04 Å². The van der Waals surface area contributed by atoms with Crippen LogP contribution in [-0.2, 0) is 4.79 Å². The molecule has 1 aliphatic heterocycles. The Hall–Kier alpha value is -2.40. The molecule has 0 amide bonds. The van der Waals surface area contributed by atoms with Crippen molar-refractivity contribution in [3.63, 3.8) is 0 Å². The Bertz CT molecular complexity index is 793. The lowest BCUT2D eigenvalue weighted by Gasteiger charge is -2.39. The van der Waals surface area contributed by atoms with Crippen molar-refractivity contribution in [1.82, 2.24) is 4.90 Å². The van der Waals surface area contributed by atoms with Crippen LogP contribution < -0.4 is 4.74 Å². The van der Waals surface area contributed by atoms with Gasteiger partial charge in [0.25, 0.3) is 0 Å². The summed E-state index contributed by atoms with van der Waals surface area (Å²) in [6.07, 6.45) is 2.44. The lowest BCUT2D eigenvalue weighted by atomic mass is 9.91.